The van der Waals surface area contributed by atoms with Gasteiger partial charge in [0.2, 0.25) is 0 Å². The fourth-order valence-corrected chi connectivity index (χ4v) is 2.23. The predicted octanol–water partition coefficient (Wildman–Crippen LogP) is 4.08. The largest absolute Gasteiger partial charge is 0.464 e. The van der Waals surface area contributed by atoms with Crippen molar-refractivity contribution in [1.29, 1.82) is 0 Å². The second-order valence-electron chi connectivity index (χ2n) is 3.85. The number of benzene rings is 1. The average Bonchev–Trinajstić information content (AvgIpc) is 2.45. The Hall–Kier alpha value is -1.49. The molecule has 2 aromatic rings. The van der Waals surface area contributed by atoms with Gasteiger partial charge in [0, 0.05) is 10.6 Å². The third-order valence-corrected chi connectivity index (χ3v) is 3.63. The topological polar surface area (TPSA) is 65.2 Å². The van der Waals surface area contributed by atoms with Crippen LogP contribution in [0.5, 0.6) is 0 Å². The molecule has 0 aliphatic rings. The first-order valence-corrected chi connectivity index (χ1v) is 6.57. The zero-order valence-corrected chi connectivity index (χ0v) is 12.6. The molecule has 1 aromatic carbocycles. The molecule has 1 aromatic heterocycles. The molecule has 0 unspecified atom stereocenters. The van der Waals surface area contributed by atoms with E-state index < -0.39 is 5.97 Å². The van der Waals surface area contributed by atoms with Crippen molar-refractivity contribution < 1.29 is 9.53 Å². The quantitative estimate of drug-likeness (QED) is 0.842. The van der Waals surface area contributed by atoms with Gasteiger partial charge in [-0.2, -0.15) is 0 Å². The van der Waals surface area contributed by atoms with Crippen molar-refractivity contribution in [3.05, 3.63) is 45.0 Å². The zero-order chi connectivity index (χ0) is 14.9. The average molecular weight is 332 g/mol. The van der Waals surface area contributed by atoms with Crippen molar-refractivity contribution in [2.24, 2.45) is 0 Å². The van der Waals surface area contributed by atoms with Gasteiger partial charge in [0.15, 0.2) is 5.69 Å². The molecule has 0 bridgehead atoms. The molecule has 0 fully saturated rings. The minimum Gasteiger partial charge on any atom is -0.464 e. The molecular formula is C13H9Cl3N2O2. The van der Waals surface area contributed by atoms with Crippen LogP contribution in [-0.4, -0.2) is 18.1 Å². The number of nitrogens with zero attached hydrogens (tertiary/aromatic N) is 1. The zero-order valence-electron chi connectivity index (χ0n) is 10.3. The van der Waals surface area contributed by atoms with E-state index in [1.165, 1.54) is 7.11 Å². The third kappa shape index (κ3) is 2.68. The van der Waals surface area contributed by atoms with E-state index in [0.29, 0.717) is 16.3 Å². The van der Waals surface area contributed by atoms with Crippen LogP contribution in [0.2, 0.25) is 15.1 Å². The molecule has 0 radical (unpaired) electrons. The Balaban J connectivity index is 2.67. The lowest BCUT2D eigenvalue weighted by Crippen LogP contribution is -2.08. The van der Waals surface area contributed by atoms with E-state index in [1.54, 1.807) is 24.3 Å². The van der Waals surface area contributed by atoms with Crippen LogP contribution in [0.1, 0.15) is 10.5 Å². The molecule has 7 heteroatoms. The highest BCUT2D eigenvalue weighted by Crippen LogP contribution is 2.37. The SMILES string of the molecule is COC(=O)c1nc(-c2ccc(Cl)cc2)c(Cl)c(N)c1Cl. The van der Waals surface area contributed by atoms with Gasteiger partial charge in [0.25, 0.3) is 0 Å². The van der Waals surface area contributed by atoms with Crippen molar-refractivity contribution in [1.82, 2.24) is 4.98 Å². The number of esters is 1. The number of pyridine rings is 1. The highest BCUT2D eigenvalue weighted by Gasteiger charge is 2.21. The summed E-state index contributed by atoms with van der Waals surface area (Å²) in [5, 5.41) is 0.713. The normalized spacial score (nSPS) is 10.4. The van der Waals surface area contributed by atoms with Crippen molar-refractivity contribution in [2.45, 2.75) is 0 Å². The lowest BCUT2D eigenvalue weighted by molar-refractivity contribution is 0.0594. The molecule has 0 aliphatic carbocycles. The molecule has 0 atom stereocenters. The maximum absolute atomic E-state index is 11.6. The predicted molar refractivity (Wildman–Crippen MR) is 80.5 cm³/mol. The minimum atomic E-state index is -0.686. The number of carbonyl (C=O) groups is 1. The number of halogens is 3. The standard InChI is InChI=1S/C13H9Cl3N2O2/c1-20-13(19)12-9(16)10(17)8(15)11(18-12)6-2-4-7(14)5-3-6/h2-5H,1H3,(H2,17,18). The molecule has 1 heterocycles. The molecular weight excluding hydrogens is 323 g/mol. The van der Waals surface area contributed by atoms with Gasteiger partial charge < -0.3 is 10.5 Å². The van der Waals surface area contributed by atoms with Crippen LogP contribution in [-0.2, 0) is 4.74 Å². The number of hydrogen-bond acceptors (Lipinski definition) is 4. The van der Waals surface area contributed by atoms with Gasteiger partial charge in [-0.3, -0.25) is 0 Å². The van der Waals surface area contributed by atoms with Crippen LogP contribution in [0, 0.1) is 0 Å². The van der Waals surface area contributed by atoms with Crippen LogP contribution in [0.25, 0.3) is 11.3 Å². The highest BCUT2D eigenvalue weighted by molar-refractivity contribution is 6.41. The lowest BCUT2D eigenvalue weighted by Gasteiger charge is -2.11. The fourth-order valence-electron chi connectivity index (χ4n) is 1.59. The number of methoxy groups -OCH3 is 1. The summed E-state index contributed by atoms with van der Waals surface area (Å²) in [5.41, 5.74) is 6.80. The molecule has 2 rings (SSSR count). The molecule has 20 heavy (non-hydrogen) atoms. The smallest absolute Gasteiger partial charge is 0.358 e. The van der Waals surface area contributed by atoms with Gasteiger partial charge >= 0.3 is 5.97 Å². The van der Waals surface area contributed by atoms with Crippen LogP contribution in [0.15, 0.2) is 24.3 Å². The van der Waals surface area contributed by atoms with Gasteiger partial charge in [-0.1, -0.05) is 46.9 Å². The van der Waals surface area contributed by atoms with E-state index in [-0.39, 0.29) is 21.4 Å². The Morgan fingerprint density at radius 2 is 1.75 bits per heavy atom. The Kier molecular flexibility index (Phi) is 4.38. The van der Waals surface area contributed by atoms with Gasteiger partial charge in [-0.15, -0.1) is 0 Å². The van der Waals surface area contributed by atoms with Crippen LogP contribution < -0.4 is 5.73 Å². The number of carbonyl (C=O) groups excluding carboxylic acids is 1. The van der Waals surface area contributed by atoms with E-state index in [1.807, 2.05) is 0 Å². The van der Waals surface area contributed by atoms with E-state index >= 15 is 0 Å². The summed E-state index contributed by atoms with van der Waals surface area (Å²) >= 11 is 17.9. The van der Waals surface area contributed by atoms with Gasteiger partial charge in [0.05, 0.1) is 28.5 Å². The Labute approximate surface area is 130 Å². The molecule has 104 valence electrons. The maximum Gasteiger partial charge on any atom is 0.358 e. The summed E-state index contributed by atoms with van der Waals surface area (Å²) in [4.78, 5) is 15.8. The number of ether oxygens (including phenoxy) is 1. The van der Waals surface area contributed by atoms with Gasteiger partial charge in [-0.25, -0.2) is 9.78 Å². The van der Waals surface area contributed by atoms with Gasteiger partial charge in [0.1, 0.15) is 0 Å². The summed E-state index contributed by atoms with van der Waals surface area (Å²) in [6.07, 6.45) is 0. The van der Waals surface area contributed by atoms with Crippen molar-refractivity contribution in [3.8, 4) is 11.3 Å². The first-order chi connectivity index (χ1) is 9.45. The van der Waals surface area contributed by atoms with E-state index in [9.17, 15) is 4.79 Å². The number of nitrogen functional groups attached to an aromatic ring is 1. The van der Waals surface area contributed by atoms with E-state index in [0.717, 1.165) is 0 Å². The van der Waals surface area contributed by atoms with E-state index in [4.69, 9.17) is 40.5 Å². The molecule has 0 saturated heterocycles. The molecule has 0 saturated carbocycles. The number of hydrogen-bond donors (Lipinski definition) is 1. The second-order valence-corrected chi connectivity index (χ2v) is 5.04. The number of aromatic nitrogens is 1. The summed E-state index contributed by atoms with van der Waals surface area (Å²) in [7, 11) is 1.23. The Morgan fingerprint density at radius 1 is 1.15 bits per heavy atom. The molecule has 0 spiro atoms. The first-order valence-electron chi connectivity index (χ1n) is 5.44. The second kappa shape index (κ2) is 5.87. The van der Waals surface area contributed by atoms with Crippen LogP contribution in [0.4, 0.5) is 5.69 Å². The van der Waals surface area contributed by atoms with Gasteiger partial charge in [-0.05, 0) is 12.1 Å². The third-order valence-electron chi connectivity index (χ3n) is 2.61. The number of rotatable bonds is 2. The minimum absolute atomic E-state index is 0.0282. The molecule has 4 nitrogen and oxygen atoms in total. The summed E-state index contributed by atoms with van der Waals surface area (Å²) in [6, 6.07) is 6.78. The monoisotopic (exact) mass is 330 g/mol. The van der Waals surface area contributed by atoms with E-state index in [2.05, 4.69) is 9.72 Å². The summed E-state index contributed by atoms with van der Waals surface area (Å²) < 4.78 is 4.62. The summed E-state index contributed by atoms with van der Waals surface area (Å²) in [5.74, 6) is -0.686. The highest BCUT2D eigenvalue weighted by atomic mass is 35.5. The summed E-state index contributed by atoms with van der Waals surface area (Å²) in [6.45, 7) is 0. The van der Waals surface area contributed by atoms with Crippen molar-refractivity contribution in [3.63, 3.8) is 0 Å². The Morgan fingerprint density at radius 3 is 2.30 bits per heavy atom. The maximum atomic E-state index is 11.6. The molecule has 2 N–H and O–H groups in total. The van der Waals surface area contributed by atoms with Crippen LogP contribution in [0.3, 0.4) is 0 Å². The van der Waals surface area contributed by atoms with Crippen LogP contribution >= 0.6 is 34.8 Å². The molecule has 0 amide bonds. The Bertz CT molecular complexity index is 672. The fraction of sp³-hybridized carbons (Fsp3) is 0.0769. The number of anilines is 1. The molecule has 0 aliphatic heterocycles. The van der Waals surface area contributed by atoms with Crippen molar-refractivity contribution >= 4 is 46.5 Å². The lowest BCUT2D eigenvalue weighted by atomic mass is 10.1. The number of nitrogens with two attached hydrogens (primary N) is 1. The van der Waals surface area contributed by atoms with Crippen molar-refractivity contribution in [2.75, 3.05) is 12.8 Å². The first kappa shape index (κ1) is 14.9.